The van der Waals surface area contributed by atoms with Gasteiger partial charge in [-0.2, -0.15) is 0 Å². The largest absolute Gasteiger partial charge is 0.328 e. The highest BCUT2D eigenvalue weighted by Crippen LogP contribution is 2.21. The maximum absolute atomic E-state index is 11.5. The van der Waals surface area contributed by atoms with Crippen LogP contribution in [-0.4, -0.2) is 9.55 Å². The molecule has 0 amide bonds. The lowest BCUT2D eigenvalue weighted by Gasteiger charge is -2.06. The molecule has 6 heteroatoms. The second-order valence-electron chi connectivity index (χ2n) is 3.47. The average molecular weight is 271 g/mol. The lowest BCUT2D eigenvalue weighted by Crippen LogP contribution is -2.28. The van der Waals surface area contributed by atoms with Crippen LogP contribution in [0.1, 0.15) is 5.56 Å². The first-order valence-corrected chi connectivity index (χ1v) is 5.55. The number of aromatic nitrogens is 2. The second-order valence-corrected chi connectivity index (χ2v) is 4.32. The van der Waals surface area contributed by atoms with Crippen molar-refractivity contribution >= 4 is 23.2 Å². The Morgan fingerprint density at radius 1 is 1.18 bits per heavy atom. The van der Waals surface area contributed by atoms with Crippen LogP contribution in [0.2, 0.25) is 10.0 Å². The van der Waals surface area contributed by atoms with Crippen molar-refractivity contribution in [3.63, 3.8) is 0 Å². The van der Waals surface area contributed by atoms with Crippen molar-refractivity contribution in [2.45, 2.75) is 6.54 Å². The van der Waals surface area contributed by atoms with E-state index < -0.39 is 11.2 Å². The highest BCUT2D eigenvalue weighted by atomic mass is 35.5. The Morgan fingerprint density at radius 2 is 1.94 bits per heavy atom. The van der Waals surface area contributed by atoms with Gasteiger partial charge >= 0.3 is 5.69 Å². The summed E-state index contributed by atoms with van der Waals surface area (Å²) in [6, 6.07) is 6.32. The van der Waals surface area contributed by atoms with E-state index in [0.717, 1.165) is 5.56 Å². The molecule has 0 bridgehead atoms. The minimum Gasteiger partial charge on any atom is -0.296 e. The van der Waals surface area contributed by atoms with Crippen LogP contribution < -0.4 is 11.2 Å². The molecule has 2 aromatic rings. The molecule has 0 aliphatic heterocycles. The van der Waals surface area contributed by atoms with E-state index in [4.69, 9.17) is 23.2 Å². The summed E-state index contributed by atoms with van der Waals surface area (Å²) in [5.74, 6) is 0. The van der Waals surface area contributed by atoms with Gasteiger partial charge in [0, 0.05) is 22.3 Å². The number of aromatic amines is 1. The van der Waals surface area contributed by atoms with Crippen molar-refractivity contribution in [3.8, 4) is 0 Å². The fraction of sp³-hybridized carbons (Fsp3) is 0.0909. The van der Waals surface area contributed by atoms with Gasteiger partial charge in [0.25, 0.3) is 5.56 Å². The molecule has 0 radical (unpaired) electrons. The Hall–Kier alpha value is -1.52. The Balaban J connectivity index is 2.38. The summed E-state index contributed by atoms with van der Waals surface area (Å²) in [5.41, 5.74) is -0.137. The molecule has 2 rings (SSSR count). The van der Waals surface area contributed by atoms with Gasteiger partial charge in [-0.3, -0.25) is 14.3 Å². The lowest BCUT2D eigenvalue weighted by atomic mass is 10.2. The van der Waals surface area contributed by atoms with Gasteiger partial charge in [-0.25, -0.2) is 4.79 Å². The monoisotopic (exact) mass is 270 g/mol. The molecule has 88 valence electrons. The summed E-state index contributed by atoms with van der Waals surface area (Å²) in [6.45, 7) is 0.283. The summed E-state index contributed by atoms with van der Waals surface area (Å²) in [6.07, 6.45) is 1.42. The molecule has 0 spiro atoms. The van der Waals surface area contributed by atoms with Gasteiger partial charge in [0.2, 0.25) is 0 Å². The summed E-state index contributed by atoms with van der Waals surface area (Å²) in [4.78, 5) is 24.5. The predicted molar refractivity (Wildman–Crippen MR) is 66.9 cm³/mol. The number of nitrogens with one attached hydrogen (secondary N) is 1. The molecule has 0 unspecified atom stereocenters. The molecule has 4 nitrogen and oxygen atoms in total. The maximum atomic E-state index is 11.5. The third-order valence-corrected chi connectivity index (χ3v) is 2.84. The minimum atomic E-state index is -0.469. The van der Waals surface area contributed by atoms with E-state index in [-0.39, 0.29) is 6.54 Å². The van der Waals surface area contributed by atoms with Crippen molar-refractivity contribution in [3.05, 3.63) is 66.9 Å². The minimum absolute atomic E-state index is 0.283. The molecule has 1 aromatic heterocycles. The first-order chi connectivity index (χ1) is 8.06. The van der Waals surface area contributed by atoms with Crippen molar-refractivity contribution in [2.24, 2.45) is 0 Å². The van der Waals surface area contributed by atoms with E-state index in [9.17, 15) is 9.59 Å². The Kier molecular flexibility index (Phi) is 3.36. The average Bonchev–Trinajstić information content (AvgIpc) is 2.25. The molecule has 0 saturated heterocycles. The smallest absolute Gasteiger partial charge is 0.296 e. The van der Waals surface area contributed by atoms with Gasteiger partial charge in [0.1, 0.15) is 0 Å². The van der Waals surface area contributed by atoms with Gasteiger partial charge in [-0.15, -0.1) is 0 Å². The number of rotatable bonds is 2. The summed E-state index contributed by atoms with van der Waals surface area (Å²) in [7, 11) is 0. The molecule has 0 fully saturated rings. The zero-order chi connectivity index (χ0) is 12.4. The number of hydrogen-bond donors (Lipinski definition) is 1. The van der Waals surface area contributed by atoms with Crippen LogP contribution in [0.15, 0.2) is 40.1 Å². The van der Waals surface area contributed by atoms with E-state index in [1.807, 2.05) is 0 Å². The van der Waals surface area contributed by atoms with E-state index in [2.05, 4.69) is 4.98 Å². The number of H-pyrrole nitrogens is 1. The van der Waals surface area contributed by atoms with E-state index >= 15 is 0 Å². The molecular weight excluding hydrogens is 263 g/mol. The third kappa shape index (κ3) is 2.78. The van der Waals surface area contributed by atoms with Gasteiger partial charge in [-0.1, -0.05) is 29.3 Å². The van der Waals surface area contributed by atoms with Crippen LogP contribution >= 0.6 is 23.2 Å². The summed E-state index contributed by atoms with van der Waals surface area (Å²) in [5, 5.41) is 1.02. The summed E-state index contributed by atoms with van der Waals surface area (Å²) < 4.78 is 1.36. The number of hydrogen-bond acceptors (Lipinski definition) is 2. The highest BCUT2D eigenvalue weighted by molar-refractivity contribution is 6.35. The van der Waals surface area contributed by atoms with Crippen LogP contribution in [0.5, 0.6) is 0 Å². The number of benzene rings is 1. The van der Waals surface area contributed by atoms with Crippen molar-refractivity contribution in [1.82, 2.24) is 9.55 Å². The van der Waals surface area contributed by atoms with Crippen LogP contribution in [0.25, 0.3) is 0 Å². The molecule has 1 N–H and O–H groups in total. The molecule has 0 saturated carbocycles. The Labute approximate surface area is 106 Å². The van der Waals surface area contributed by atoms with Crippen molar-refractivity contribution in [2.75, 3.05) is 0 Å². The number of nitrogens with zero attached hydrogens (tertiary/aromatic N) is 1. The standard InChI is InChI=1S/C11H8Cl2N2O2/c12-8-2-1-7(9(13)5-8)6-15-4-3-10(16)14-11(15)17/h1-5H,6H2,(H,14,16,17). The molecular formula is C11H8Cl2N2O2. The van der Waals surface area contributed by atoms with Gasteiger partial charge in [0.15, 0.2) is 0 Å². The molecule has 1 aromatic carbocycles. The van der Waals surface area contributed by atoms with Crippen LogP contribution in [0.3, 0.4) is 0 Å². The fourth-order valence-electron chi connectivity index (χ4n) is 1.40. The van der Waals surface area contributed by atoms with Crippen LogP contribution in [0.4, 0.5) is 0 Å². The van der Waals surface area contributed by atoms with Crippen molar-refractivity contribution < 1.29 is 0 Å². The van der Waals surface area contributed by atoms with E-state index in [0.29, 0.717) is 10.0 Å². The second kappa shape index (κ2) is 4.77. The maximum Gasteiger partial charge on any atom is 0.328 e. The van der Waals surface area contributed by atoms with Gasteiger partial charge < -0.3 is 0 Å². The van der Waals surface area contributed by atoms with Crippen LogP contribution in [0, 0.1) is 0 Å². The first kappa shape index (κ1) is 12.0. The van der Waals surface area contributed by atoms with E-state index in [1.165, 1.54) is 16.8 Å². The number of halogens is 2. The Bertz CT molecular complexity index is 661. The summed E-state index contributed by atoms with van der Waals surface area (Å²) >= 11 is 11.8. The topological polar surface area (TPSA) is 54.9 Å². The van der Waals surface area contributed by atoms with Crippen LogP contribution in [-0.2, 0) is 6.54 Å². The molecule has 0 aliphatic carbocycles. The fourth-order valence-corrected chi connectivity index (χ4v) is 1.87. The molecule has 17 heavy (non-hydrogen) atoms. The zero-order valence-corrected chi connectivity index (χ0v) is 10.1. The van der Waals surface area contributed by atoms with Gasteiger partial charge in [0.05, 0.1) is 6.54 Å². The van der Waals surface area contributed by atoms with Gasteiger partial charge in [-0.05, 0) is 17.7 Å². The molecule has 0 aliphatic rings. The third-order valence-electron chi connectivity index (χ3n) is 2.25. The molecule has 1 heterocycles. The highest BCUT2D eigenvalue weighted by Gasteiger charge is 2.03. The first-order valence-electron chi connectivity index (χ1n) is 4.80. The normalized spacial score (nSPS) is 10.5. The SMILES string of the molecule is O=c1ccn(Cc2ccc(Cl)cc2Cl)c(=O)[nH]1. The van der Waals surface area contributed by atoms with E-state index in [1.54, 1.807) is 18.2 Å². The quantitative estimate of drug-likeness (QED) is 0.906. The zero-order valence-electron chi connectivity index (χ0n) is 8.61. The molecule has 0 atom stereocenters. The predicted octanol–water partition coefficient (Wildman–Crippen LogP) is 1.89. The Morgan fingerprint density at radius 3 is 2.59 bits per heavy atom. The van der Waals surface area contributed by atoms with Crippen molar-refractivity contribution in [1.29, 1.82) is 0 Å². The lowest BCUT2D eigenvalue weighted by molar-refractivity contribution is 0.720.